The van der Waals surface area contributed by atoms with Crippen molar-refractivity contribution in [2.75, 3.05) is 20.7 Å². The first-order valence-electron chi connectivity index (χ1n) is 3.15. The zero-order valence-corrected chi connectivity index (χ0v) is 9.01. The third kappa shape index (κ3) is 1.99. The summed E-state index contributed by atoms with van der Waals surface area (Å²) >= 11 is 6.93. The third-order valence-electron chi connectivity index (χ3n) is 1.33. The lowest BCUT2D eigenvalue weighted by atomic mass is 10.5. The predicted octanol–water partition coefficient (Wildman–Crippen LogP) is 1.54. The van der Waals surface area contributed by atoms with Crippen molar-refractivity contribution < 1.29 is 4.52 Å². The first kappa shape index (κ1) is 9.57. The number of hydrogen-bond donors (Lipinski definition) is 0. The van der Waals surface area contributed by atoms with Gasteiger partial charge in [0.1, 0.15) is 0 Å². The van der Waals surface area contributed by atoms with Crippen LogP contribution < -0.4 is 0 Å². The lowest BCUT2D eigenvalue weighted by Gasteiger charge is -2.20. The Morgan fingerprint density at radius 1 is 1.82 bits per heavy atom. The molecule has 0 bridgehead atoms. The van der Waals surface area contributed by atoms with E-state index in [9.17, 15) is 0 Å². The molecule has 0 aromatic rings. The Morgan fingerprint density at radius 3 is 2.73 bits per heavy atom. The van der Waals surface area contributed by atoms with E-state index in [-0.39, 0.29) is 5.25 Å². The molecule has 0 aromatic carbocycles. The second-order valence-corrected chi connectivity index (χ2v) is 9.44. The van der Waals surface area contributed by atoms with Crippen LogP contribution in [0.4, 0.5) is 0 Å². The molecule has 1 aliphatic rings. The molecule has 0 saturated carbocycles. The number of rotatable bonds is 1. The van der Waals surface area contributed by atoms with Gasteiger partial charge in [0.15, 0.2) is 5.62 Å². The minimum absolute atomic E-state index is 0.156. The van der Waals surface area contributed by atoms with E-state index in [1.54, 1.807) is 11.4 Å². The van der Waals surface area contributed by atoms with Crippen molar-refractivity contribution in [1.29, 1.82) is 0 Å². The molecule has 5 heteroatoms. The minimum Gasteiger partial charge on any atom is -0.328 e. The van der Waals surface area contributed by atoms with Crippen LogP contribution >= 0.6 is 17.0 Å². The van der Waals surface area contributed by atoms with Gasteiger partial charge in [-0.25, -0.2) is 0 Å². The van der Waals surface area contributed by atoms with Gasteiger partial charge < -0.3 is 4.52 Å². The van der Waals surface area contributed by atoms with Crippen LogP contribution in [0.3, 0.4) is 0 Å². The molecule has 1 saturated heterocycles. The quantitative estimate of drug-likeness (QED) is 0.477. The van der Waals surface area contributed by atoms with Crippen molar-refractivity contribution >= 4 is 28.8 Å². The summed E-state index contributed by atoms with van der Waals surface area (Å²) in [5.41, 5.74) is -1.77. The SMILES string of the molecule is C#CC1COP(=S)(N(C)C)S1. The van der Waals surface area contributed by atoms with Crippen LogP contribution in [0.25, 0.3) is 0 Å². The van der Waals surface area contributed by atoms with Gasteiger partial charge in [-0.3, -0.25) is 4.67 Å². The molecule has 1 aliphatic heterocycles. The van der Waals surface area contributed by atoms with E-state index in [2.05, 4.69) is 5.92 Å². The van der Waals surface area contributed by atoms with Crippen LogP contribution in [0.15, 0.2) is 0 Å². The summed E-state index contributed by atoms with van der Waals surface area (Å²) in [7, 11) is 3.87. The van der Waals surface area contributed by atoms with Crippen LogP contribution in [0.2, 0.25) is 0 Å². The standard InChI is InChI=1S/C6H10NOPS2/c1-4-6-5-8-9(10,11-6)7(2)3/h1,6H,5H2,2-3H3. The van der Waals surface area contributed by atoms with Gasteiger partial charge in [0.25, 0.3) is 0 Å². The first-order chi connectivity index (χ1) is 5.08. The van der Waals surface area contributed by atoms with Gasteiger partial charge in [0.05, 0.1) is 11.9 Å². The van der Waals surface area contributed by atoms with E-state index in [1.807, 2.05) is 18.8 Å². The molecule has 0 aliphatic carbocycles. The molecular weight excluding hydrogens is 197 g/mol. The van der Waals surface area contributed by atoms with E-state index >= 15 is 0 Å². The van der Waals surface area contributed by atoms with Crippen molar-refractivity contribution in [3.05, 3.63) is 0 Å². The van der Waals surface area contributed by atoms with Crippen LogP contribution in [0.5, 0.6) is 0 Å². The molecule has 0 radical (unpaired) electrons. The van der Waals surface area contributed by atoms with Crippen LogP contribution in [-0.4, -0.2) is 30.6 Å². The fourth-order valence-electron chi connectivity index (χ4n) is 0.672. The molecule has 2 atom stereocenters. The molecule has 11 heavy (non-hydrogen) atoms. The molecule has 1 heterocycles. The van der Waals surface area contributed by atoms with Crippen molar-refractivity contribution in [2.24, 2.45) is 0 Å². The van der Waals surface area contributed by atoms with Crippen molar-refractivity contribution in [1.82, 2.24) is 4.67 Å². The maximum Gasteiger partial charge on any atom is 0.189 e. The number of nitrogens with zero attached hydrogens (tertiary/aromatic N) is 1. The van der Waals surface area contributed by atoms with Gasteiger partial charge in [-0.15, -0.1) is 6.42 Å². The molecule has 0 N–H and O–H groups in total. The normalized spacial score (nSPS) is 37.5. The lowest BCUT2D eigenvalue weighted by molar-refractivity contribution is 0.360. The first-order valence-corrected chi connectivity index (χ1v) is 7.31. The Balaban J connectivity index is 2.67. The van der Waals surface area contributed by atoms with Crippen molar-refractivity contribution in [3.63, 3.8) is 0 Å². The Bertz CT molecular complexity index is 235. The third-order valence-corrected chi connectivity index (χ3v) is 8.50. The molecule has 1 rings (SSSR count). The minimum atomic E-state index is -1.77. The highest BCUT2D eigenvalue weighted by molar-refractivity contribution is 8.69. The molecule has 1 fully saturated rings. The van der Waals surface area contributed by atoms with Gasteiger partial charge in [-0.2, -0.15) is 0 Å². The Labute approximate surface area is 76.6 Å². The van der Waals surface area contributed by atoms with E-state index in [4.69, 9.17) is 22.8 Å². The van der Waals surface area contributed by atoms with Gasteiger partial charge in [-0.1, -0.05) is 17.3 Å². The maximum atomic E-state index is 5.48. The average Bonchev–Trinajstić information content (AvgIpc) is 2.33. The summed E-state index contributed by atoms with van der Waals surface area (Å²) in [6.07, 6.45) is 5.26. The summed E-state index contributed by atoms with van der Waals surface area (Å²) in [4.78, 5) is 0. The fourth-order valence-corrected chi connectivity index (χ4v) is 5.48. The monoisotopic (exact) mass is 207 g/mol. The average molecular weight is 207 g/mol. The Hall–Kier alpha value is 0.480. The molecule has 2 nitrogen and oxygen atoms in total. The molecule has 2 unspecified atom stereocenters. The molecule has 0 amide bonds. The van der Waals surface area contributed by atoms with E-state index in [1.165, 1.54) is 0 Å². The Kier molecular flexibility index (Phi) is 3.02. The highest BCUT2D eigenvalue weighted by Crippen LogP contribution is 2.67. The zero-order chi connectivity index (χ0) is 8.48. The molecule has 0 spiro atoms. The summed E-state index contributed by atoms with van der Waals surface area (Å²) in [5, 5.41) is 0.156. The van der Waals surface area contributed by atoms with Crippen molar-refractivity contribution in [2.45, 2.75) is 5.25 Å². The predicted molar refractivity (Wildman–Crippen MR) is 54.1 cm³/mol. The Morgan fingerprint density at radius 2 is 2.45 bits per heavy atom. The zero-order valence-electron chi connectivity index (χ0n) is 6.48. The fraction of sp³-hybridized carbons (Fsp3) is 0.667. The van der Waals surface area contributed by atoms with Crippen LogP contribution in [0, 0.1) is 12.3 Å². The topological polar surface area (TPSA) is 12.5 Å². The molecule has 0 aromatic heterocycles. The largest absolute Gasteiger partial charge is 0.328 e. The highest BCUT2D eigenvalue weighted by Gasteiger charge is 2.33. The summed E-state index contributed by atoms with van der Waals surface area (Å²) in [5.74, 6) is 2.65. The summed E-state index contributed by atoms with van der Waals surface area (Å²) in [6.45, 7) is 0.608. The van der Waals surface area contributed by atoms with E-state index in [0.29, 0.717) is 6.61 Å². The van der Waals surface area contributed by atoms with Gasteiger partial charge in [0, 0.05) is 0 Å². The lowest BCUT2D eigenvalue weighted by Crippen LogP contribution is -2.04. The number of hydrogen-bond acceptors (Lipinski definition) is 3. The van der Waals surface area contributed by atoms with Crippen molar-refractivity contribution in [3.8, 4) is 12.3 Å². The molecular formula is C6H10NOPS2. The summed E-state index contributed by atoms with van der Waals surface area (Å²) < 4.78 is 7.44. The van der Waals surface area contributed by atoms with Gasteiger partial charge in [-0.05, 0) is 25.9 Å². The number of terminal acetylenes is 1. The van der Waals surface area contributed by atoms with E-state index in [0.717, 1.165) is 0 Å². The maximum absolute atomic E-state index is 5.48. The van der Waals surface area contributed by atoms with Gasteiger partial charge >= 0.3 is 0 Å². The smallest absolute Gasteiger partial charge is 0.189 e. The second-order valence-electron chi connectivity index (χ2n) is 2.37. The molecule has 62 valence electrons. The highest BCUT2D eigenvalue weighted by atomic mass is 32.9. The van der Waals surface area contributed by atoms with Crippen LogP contribution in [0.1, 0.15) is 0 Å². The van der Waals surface area contributed by atoms with E-state index < -0.39 is 5.62 Å². The van der Waals surface area contributed by atoms with Crippen LogP contribution in [-0.2, 0) is 16.3 Å². The summed E-state index contributed by atoms with van der Waals surface area (Å²) in [6, 6.07) is 0. The second kappa shape index (κ2) is 3.47. The van der Waals surface area contributed by atoms with Gasteiger partial charge in [0.2, 0.25) is 0 Å².